The first kappa shape index (κ1) is 22.9. The van der Waals surface area contributed by atoms with Crippen molar-refractivity contribution in [2.45, 2.75) is 25.6 Å². The number of nitrogens with zero attached hydrogens (tertiary/aromatic N) is 1. The molecule has 0 saturated heterocycles. The molecule has 0 fully saturated rings. The van der Waals surface area contributed by atoms with Gasteiger partial charge in [0, 0.05) is 12.1 Å². The van der Waals surface area contributed by atoms with Gasteiger partial charge < -0.3 is 14.6 Å². The Morgan fingerprint density at radius 3 is 2.27 bits per heavy atom. The molecule has 30 heavy (non-hydrogen) atoms. The second-order valence-electron chi connectivity index (χ2n) is 6.39. The van der Waals surface area contributed by atoms with E-state index in [2.05, 4.69) is 0 Å². The third kappa shape index (κ3) is 5.17. The first-order chi connectivity index (χ1) is 13.7. The van der Waals surface area contributed by atoms with Gasteiger partial charge in [0.25, 0.3) is 5.69 Å². The standard InChI is InChI=1S/C18H13ClF3NO7/c1-17(2,16(25)26)30-15(24)11-8-10(4-5-13(11)23(27)28)29-14-6-3-9(7-12(14)19)18(20,21)22/h3-8H,1-2H3,(H,25,26). The van der Waals surface area contributed by atoms with Crippen molar-refractivity contribution in [2.24, 2.45) is 0 Å². The van der Waals surface area contributed by atoms with E-state index in [1.165, 1.54) is 0 Å². The average molecular weight is 448 g/mol. The highest BCUT2D eigenvalue weighted by Gasteiger charge is 2.35. The van der Waals surface area contributed by atoms with Crippen LogP contribution in [0.25, 0.3) is 0 Å². The smallest absolute Gasteiger partial charge is 0.416 e. The van der Waals surface area contributed by atoms with Gasteiger partial charge in [-0.25, -0.2) is 9.59 Å². The minimum absolute atomic E-state index is 0.178. The number of ether oxygens (including phenoxy) is 2. The molecule has 0 amide bonds. The number of rotatable bonds is 6. The number of carbonyl (C=O) groups excluding carboxylic acids is 1. The van der Waals surface area contributed by atoms with Crippen LogP contribution in [0, 0.1) is 10.1 Å². The Hall–Kier alpha value is -3.34. The fourth-order valence-electron chi connectivity index (χ4n) is 2.12. The number of alkyl halides is 3. The van der Waals surface area contributed by atoms with Gasteiger partial charge in [0.2, 0.25) is 5.60 Å². The zero-order valence-corrected chi connectivity index (χ0v) is 16.1. The van der Waals surface area contributed by atoms with Gasteiger partial charge in [0.1, 0.15) is 17.1 Å². The van der Waals surface area contributed by atoms with E-state index in [0.717, 1.165) is 44.2 Å². The molecule has 0 atom stereocenters. The van der Waals surface area contributed by atoms with Gasteiger partial charge >= 0.3 is 18.1 Å². The number of nitro benzene ring substituents is 1. The van der Waals surface area contributed by atoms with Gasteiger partial charge in [-0.15, -0.1) is 0 Å². The number of esters is 1. The number of carbonyl (C=O) groups is 2. The van der Waals surface area contributed by atoms with Crippen molar-refractivity contribution in [3.05, 3.63) is 62.7 Å². The number of carboxylic acids is 1. The van der Waals surface area contributed by atoms with E-state index in [1.54, 1.807) is 0 Å². The van der Waals surface area contributed by atoms with Crippen molar-refractivity contribution in [3.8, 4) is 11.5 Å². The van der Waals surface area contributed by atoms with Gasteiger partial charge in [-0.3, -0.25) is 10.1 Å². The molecular formula is C18H13ClF3NO7. The number of aliphatic carboxylic acids is 1. The first-order valence-corrected chi connectivity index (χ1v) is 8.40. The maximum Gasteiger partial charge on any atom is 0.416 e. The summed E-state index contributed by atoms with van der Waals surface area (Å²) >= 11 is 5.80. The second kappa shape index (κ2) is 8.19. The number of benzene rings is 2. The van der Waals surface area contributed by atoms with Crippen molar-refractivity contribution in [1.82, 2.24) is 0 Å². The van der Waals surface area contributed by atoms with Crippen molar-refractivity contribution < 1.29 is 42.3 Å². The molecule has 0 aliphatic carbocycles. The lowest BCUT2D eigenvalue weighted by Crippen LogP contribution is -2.37. The van der Waals surface area contributed by atoms with Crippen LogP contribution in [0.2, 0.25) is 5.02 Å². The zero-order valence-electron chi connectivity index (χ0n) is 15.3. The zero-order chi connectivity index (χ0) is 22.9. The summed E-state index contributed by atoms with van der Waals surface area (Å²) in [7, 11) is 0. The van der Waals surface area contributed by atoms with Gasteiger partial charge in [-0.05, 0) is 38.1 Å². The summed E-state index contributed by atoms with van der Waals surface area (Å²) < 4.78 is 48.3. The number of halogens is 4. The molecule has 0 aliphatic rings. The monoisotopic (exact) mass is 447 g/mol. The maximum absolute atomic E-state index is 12.7. The SMILES string of the molecule is CC(C)(OC(=O)c1cc(Oc2ccc(C(F)(F)F)cc2Cl)ccc1[N+](=O)[O-])C(=O)O. The molecule has 12 heteroatoms. The van der Waals surface area contributed by atoms with Crippen LogP contribution >= 0.6 is 11.6 Å². The van der Waals surface area contributed by atoms with Crippen LogP contribution in [-0.2, 0) is 15.7 Å². The van der Waals surface area contributed by atoms with Gasteiger partial charge in [0.15, 0.2) is 0 Å². The molecular weight excluding hydrogens is 435 g/mol. The van der Waals surface area contributed by atoms with Crippen LogP contribution in [0.4, 0.5) is 18.9 Å². The Morgan fingerprint density at radius 2 is 1.77 bits per heavy atom. The fraction of sp³-hybridized carbons (Fsp3) is 0.222. The lowest BCUT2D eigenvalue weighted by molar-refractivity contribution is -0.385. The molecule has 0 heterocycles. The predicted octanol–water partition coefficient (Wildman–Crippen LogP) is 5.08. The summed E-state index contributed by atoms with van der Waals surface area (Å²) in [6.45, 7) is 2.14. The highest BCUT2D eigenvalue weighted by molar-refractivity contribution is 6.32. The van der Waals surface area contributed by atoms with Crippen LogP contribution in [0.15, 0.2) is 36.4 Å². The molecule has 0 aromatic heterocycles. The summed E-state index contributed by atoms with van der Waals surface area (Å²) in [5.74, 6) is -3.17. The van der Waals surface area contributed by atoms with Crippen LogP contribution in [0.1, 0.15) is 29.8 Å². The summed E-state index contributed by atoms with van der Waals surface area (Å²) in [5.41, 5.74) is -4.29. The number of hydrogen-bond acceptors (Lipinski definition) is 6. The van der Waals surface area contributed by atoms with Gasteiger partial charge in [-0.1, -0.05) is 11.6 Å². The number of hydrogen-bond donors (Lipinski definition) is 1. The van der Waals surface area contributed by atoms with E-state index in [9.17, 15) is 32.9 Å². The molecule has 0 unspecified atom stereocenters. The third-order valence-electron chi connectivity index (χ3n) is 3.73. The van der Waals surface area contributed by atoms with E-state index in [4.69, 9.17) is 26.2 Å². The highest BCUT2D eigenvalue weighted by Crippen LogP contribution is 2.37. The largest absolute Gasteiger partial charge is 0.478 e. The minimum Gasteiger partial charge on any atom is -0.478 e. The maximum atomic E-state index is 12.7. The normalized spacial score (nSPS) is 11.7. The lowest BCUT2D eigenvalue weighted by atomic mass is 10.1. The molecule has 0 spiro atoms. The van der Waals surface area contributed by atoms with E-state index < -0.39 is 45.5 Å². The molecule has 0 bridgehead atoms. The summed E-state index contributed by atoms with van der Waals surface area (Å²) in [4.78, 5) is 33.7. The van der Waals surface area contributed by atoms with E-state index >= 15 is 0 Å². The summed E-state index contributed by atoms with van der Waals surface area (Å²) in [5, 5.41) is 19.8. The van der Waals surface area contributed by atoms with E-state index in [-0.39, 0.29) is 16.5 Å². The molecule has 2 rings (SSSR count). The van der Waals surface area contributed by atoms with Crippen molar-refractivity contribution in [2.75, 3.05) is 0 Å². The molecule has 0 radical (unpaired) electrons. The molecule has 8 nitrogen and oxygen atoms in total. The summed E-state index contributed by atoms with van der Waals surface area (Å²) in [6, 6.07) is 5.18. The van der Waals surface area contributed by atoms with Crippen molar-refractivity contribution in [3.63, 3.8) is 0 Å². The van der Waals surface area contributed by atoms with Gasteiger partial charge in [0.05, 0.1) is 15.5 Å². The molecule has 0 aliphatic heterocycles. The molecule has 1 N–H and O–H groups in total. The third-order valence-corrected chi connectivity index (χ3v) is 4.03. The van der Waals surface area contributed by atoms with E-state index in [1.807, 2.05) is 0 Å². The molecule has 2 aromatic rings. The highest BCUT2D eigenvalue weighted by atomic mass is 35.5. The van der Waals surface area contributed by atoms with Crippen LogP contribution in [0.3, 0.4) is 0 Å². The Labute approximate surface area is 171 Å². The van der Waals surface area contributed by atoms with Crippen LogP contribution < -0.4 is 4.74 Å². The lowest BCUT2D eigenvalue weighted by Gasteiger charge is -2.20. The van der Waals surface area contributed by atoms with Crippen molar-refractivity contribution in [1.29, 1.82) is 0 Å². The Bertz CT molecular complexity index is 1020. The van der Waals surface area contributed by atoms with Crippen LogP contribution in [-0.4, -0.2) is 27.6 Å². The Kier molecular flexibility index (Phi) is 6.26. The van der Waals surface area contributed by atoms with Gasteiger partial charge in [-0.2, -0.15) is 13.2 Å². The second-order valence-corrected chi connectivity index (χ2v) is 6.79. The fourth-order valence-corrected chi connectivity index (χ4v) is 2.34. The molecule has 0 saturated carbocycles. The minimum atomic E-state index is -4.62. The molecule has 160 valence electrons. The van der Waals surface area contributed by atoms with Crippen molar-refractivity contribution >= 4 is 29.2 Å². The Balaban J connectivity index is 2.40. The number of carboxylic acid groups (broad SMARTS) is 1. The Morgan fingerprint density at radius 1 is 1.13 bits per heavy atom. The first-order valence-electron chi connectivity index (χ1n) is 8.02. The van der Waals surface area contributed by atoms with E-state index in [0.29, 0.717) is 6.07 Å². The van der Waals surface area contributed by atoms with Crippen LogP contribution in [0.5, 0.6) is 11.5 Å². The average Bonchev–Trinajstić information content (AvgIpc) is 2.61. The predicted molar refractivity (Wildman–Crippen MR) is 96.8 cm³/mol. The topological polar surface area (TPSA) is 116 Å². The molecule has 2 aromatic carbocycles. The quantitative estimate of drug-likeness (QED) is 0.373. The summed E-state index contributed by atoms with van der Waals surface area (Å²) in [6.07, 6.45) is -4.62. The number of nitro groups is 1.